The monoisotopic (exact) mass is 241 g/mol. The van der Waals surface area contributed by atoms with Crippen molar-refractivity contribution < 1.29 is 0 Å². The van der Waals surface area contributed by atoms with Crippen molar-refractivity contribution >= 4 is 39.9 Å². The van der Waals surface area contributed by atoms with Gasteiger partial charge in [-0.25, -0.2) is 9.97 Å². The molecule has 0 bridgehead atoms. The van der Waals surface area contributed by atoms with Gasteiger partial charge < -0.3 is 5.32 Å². The van der Waals surface area contributed by atoms with E-state index in [9.17, 15) is 0 Å². The topological polar surface area (TPSA) is 37.8 Å². The lowest BCUT2D eigenvalue weighted by atomic mass is 10.1. The maximum Gasteiger partial charge on any atom is 0.224 e. The number of nitrogens with one attached hydrogen (secondary N) is 1. The zero-order chi connectivity index (χ0) is 11.0. The van der Waals surface area contributed by atoms with Crippen LogP contribution in [0.5, 0.6) is 0 Å². The Kier molecular flexibility index (Phi) is 2.67. The van der Waals surface area contributed by atoms with Gasteiger partial charge in [0.2, 0.25) is 5.28 Å². The van der Waals surface area contributed by atoms with E-state index in [2.05, 4.69) is 15.3 Å². The van der Waals surface area contributed by atoms with Crippen molar-refractivity contribution in [2.45, 2.75) is 6.92 Å². The van der Waals surface area contributed by atoms with Crippen LogP contribution in [0.2, 0.25) is 10.3 Å². The van der Waals surface area contributed by atoms with Crippen molar-refractivity contribution in [1.82, 2.24) is 9.97 Å². The van der Waals surface area contributed by atoms with Crippen LogP contribution in [0.4, 0.5) is 5.82 Å². The van der Waals surface area contributed by atoms with Crippen LogP contribution >= 0.6 is 23.2 Å². The number of aryl methyl sites for hydroxylation is 1. The largest absolute Gasteiger partial charge is 0.372 e. The maximum atomic E-state index is 6.10. The lowest BCUT2D eigenvalue weighted by Gasteiger charge is -2.08. The van der Waals surface area contributed by atoms with Crippen LogP contribution in [0.25, 0.3) is 10.9 Å². The molecule has 0 aliphatic rings. The molecule has 1 heterocycles. The van der Waals surface area contributed by atoms with Crippen molar-refractivity contribution in [3.8, 4) is 0 Å². The summed E-state index contributed by atoms with van der Waals surface area (Å²) in [6, 6.07) is 3.74. The molecule has 0 fully saturated rings. The number of aromatic nitrogens is 2. The highest BCUT2D eigenvalue weighted by Crippen LogP contribution is 2.30. The highest BCUT2D eigenvalue weighted by molar-refractivity contribution is 6.36. The molecule has 1 N–H and O–H groups in total. The van der Waals surface area contributed by atoms with E-state index in [0.717, 1.165) is 16.5 Å². The molecule has 1 aromatic heterocycles. The summed E-state index contributed by atoms with van der Waals surface area (Å²) >= 11 is 11.9. The summed E-state index contributed by atoms with van der Waals surface area (Å²) in [6.45, 7) is 1.96. The first-order valence-electron chi connectivity index (χ1n) is 4.43. The van der Waals surface area contributed by atoms with E-state index in [1.165, 1.54) is 0 Å². The minimum absolute atomic E-state index is 0.220. The van der Waals surface area contributed by atoms with Gasteiger partial charge in [0.25, 0.3) is 0 Å². The van der Waals surface area contributed by atoms with Crippen molar-refractivity contribution in [2.24, 2.45) is 0 Å². The third-order valence-corrected chi connectivity index (χ3v) is 2.69. The van der Waals surface area contributed by atoms with Crippen molar-refractivity contribution in [3.63, 3.8) is 0 Å². The first kappa shape index (κ1) is 10.5. The molecule has 0 radical (unpaired) electrons. The van der Waals surface area contributed by atoms with Crippen LogP contribution in [0.15, 0.2) is 12.1 Å². The normalized spacial score (nSPS) is 10.7. The van der Waals surface area contributed by atoms with Gasteiger partial charge in [-0.2, -0.15) is 0 Å². The fraction of sp³-hybridized carbons (Fsp3) is 0.200. The van der Waals surface area contributed by atoms with E-state index in [1.54, 1.807) is 7.05 Å². The Morgan fingerprint density at radius 1 is 1.20 bits per heavy atom. The van der Waals surface area contributed by atoms with Gasteiger partial charge in [-0.05, 0) is 30.2 Å². The maximum absolute atomic E-state index is 6.10. The van der Waals surface area contributed by atoms with E-state index >= 15 is 0 Å². The van der Waals surface area contributed by atoms with E-state index in [-0.39, 0.29) is 5.28 Å². The Balaban J connectivity index is 2.95. The summed E-state index contributed by atoms with van der Waals surface area (Å²) in [5.74, 6) is 0.652. The molecule has 0 aliphatic carbocycles. The highest BCUT2D eigenvalue weighted by atomic mass is 35.5. The molecule has 0 amide bonds. The van der Waals surface area contributed by atoms with Crippen LogP contribution in [-0.4, -0.2) is 17.0 Å². The molecule has 2 aromatic rings. The van der Waals surface area contributed by atoms with Gasteiger partial charge in [-0.3, -0.25) is 0 Å². The van der Waals surface area contributed by atoms with Crippen LogP contribution in [0.3, 0.4) is 0 Å². The molecule has 3 nitrogen and oxygen atoms in total. The Labute approximate surface area is 97.4 Å². The smallest absolute Gasteiger partial charge is 0.224 e. The summed E-state index contributed by atoms with van der Waals surface area (Å²) in [7, 11) is 1.77. The predicted molar refractivity (Wildman–Crippen MR) is 63.8 cm³/mol. The van der Waals surface area contributed by atoms with Crippen molar-refractivity contribution in [3.05, 3.63) is 28.0 Å². The van der Waals surface area contributed by atoms with Gasteiger partial charge in [0, 0.05) is 7.05 Å². The molecule has 1 aromatic carbocycles. The molecular weight excluding hydrogens is 233 g/mol. The fourth-order valence-electron chi connectivity index (χ4n) is 1.49. The van der Waals surface area contributed by atoms with E-state index < -0.39 is 0 Å². The molecule has 5 heteroatoms. The number of anilines is 1. The van der Waals surface area contributed by atoms with Gasteiger partial charge in [-0.1, -0.05) is 17.7 Å². The van der Waals surface area contributed by atoms with E-state index in [4.69, 9.17) is 23.2 Å². The standard InChI is InChI=1S/C10H9Cl2N3/c1-5-3-4-6(11)7-8(5)14-10(12)15-9(7)13-2/h3-4H,1-2H3,(H,13,14,15). The van der Waals surface area contributed by atoms with Gasteiger partial charge in [0.05, 0.1) is 15.9 Å². The zero-order valence-electron chi connectivity index (χ0n) is 8.31. The number of hydrogen-bond acceptors (Lipinski definition) is 3. The van der Waals surface area contributed by atoms with Gasteiger partial charge in [0.1, 0.15) is 5.82 Å². The Hall–Kier alpha value is -1.06. The second-order valence-corrected chi connectivity index (χ2v) is 3.92. The lowest BCUT2D eigenvalue weighted by Crippen LogP contribution is -1.97. The number of rotatable bonds is 1. The molecule has 2 rings (SSSR count). The summed E-state index contributed by atoms with van der Waals surface area (Å²) in [4.78, 5) is 8.26. The quantitative estimate of drug-likeness (QED) is 0.779. The number of nitrogens with zero attached hydrogens (tertiary/aromatic N) is 2. The fourth-order valence-corrected chi connectivity index (χ4v) is 1.90. The molecule has 0 spiro atoms. The molecular formula is C10H9Cl2N3. The second-order valence-electron chi connectivity index (χ2n) is 3.18. The first-order valence-corrected chi connectivity index (χ1v) is 5.19. The van der Waals surface area contributed by atoms with E-state index in [0.29, 0.717) is 10.8 Å². The Morgan fingerprint density at radius 2 is 1.93 bits per heavy atom. The molecule has 78 valence electrons. The molecule has 15 heavy (non-hydrogen) atoms. The van der Waals surface area contributed by atoms with Crippen LogP contribution in [0.1, 0.15) is 5.56 Å². The van der Waals surface area contributed by atoms with Crippen LogP contribution in [0, 0.1) is 6.92 Å². The molecule has 0 atom stereocenters. The predicted octanol–water partition coefficient (Wildman–Crippen LogP) is 3.29. The zero-order valence-corrected chi connectivity index (χ0v) is 9.82. The molecule has 0 unspecified atom stereocenters. The third kappa shape index (κ3) is 1.73. The van der Waals surface area contributed by atoms with Gasteiger partial charge in [-0.15, -0.1) is 0 Å². The van der Waals surface area contributed by atoms with Crippen LogP contribution < -0.4 is 5.32 Å². The average molecular weight is 242 g/mol. The number of halogens is 2. The number of hydrogen-bond donors (Lipinski definition) is 1. The average Bonchev–Trinajstić information content (AvgIpc) is 2.22. The van der Waals surface area contributed by atoms with E-state index in [1.807, 2.05) is 19.1 Å². The lowest BCUT2D eigenvalue weighted by molar-refractivity contribution is 1.20. The van der Waals surface area contributed by atoms with Gasteiger partial charge >= 0.3 is 0 Å². The van der Waals surface area contributed by atoms with Crippen molar-refractivity contribution in [2.75, 3.05) is 12.4 Å². The summed E-state index contributed by atoms with van der Waals surface area (Å²) in [6.07, 6.45) is 0. The first-order chi connectivity index (χ1) is 7.13. The minimum Gasteiger partial charge on any atom is -0.372 e. The summed E-state index contributed by atoms with van der Waals surface area (Å²) < 4.78 is 0. The summed E-state index contributed by atoms with van der Waals surface area (Å²) in [5, 5.41) is 4.61. The molecule has 0 saturated heterocycles. The minimum atomic E-state index is 0.220. The molecule has 0 saturated carbocycles. The van der Waals surface area contributed by atoms with Crippen molar-refractivity contribution in [1.29, 1.82) is 0 Å². The number of benzene rings is 1. The Morgan fingerprint density at radius 3 is 2.60 bits per heavy atom. The third-order valence-electron chi connectivity index (χ3n) is 2.21. The SMILES string of the molecule is CNc1nc(Cl)nc2c(C)ccc(Cl)c12. The highest BCUT2D eigenvalue weighted by Gasteiger charge is 2.10. The number of fused-ring (bicyclic) bond motifs is 1. The molecule has 0 aliphatic heterocycles. The van der Waals surface area contributed by atoms with Crippen LogP contribution in [-0.2, 0) is 0 Å². The summed E-state index contributed by atoms with van der Waals surface area (Å²) in [5.41, 5.74) is 1.81. The van der Waals surface area contributed by atoms with Gasteiger partial charge in [0.15, 0.2) is 0 Å². The Bertz CT molecular complexity index is 526. The second kappa shape index (κ2) is 3.83.